The molecule has 1 amide bonds. The number of carbonyl (C=O) groups is 1. The molecule has 1 aromatic heterocycles. The molecule has 1 aromatic carbocycles. The van der Waals surface area contributed by atoms with Crippen molar-refractivity contribution in [1.29, 1.82) is 0 Å². The van der Waals surface area contributed by atoms with Gasteiger partial charge in [-0.1, -0.05) is 19.3 Å². The van der Waals surface area contributed by atoms with Crippen molar-refractivity contribution in [1.82, 2.24) is 14.5 Å². The lowest BCUT2D eigenvalue weighted by molar-refractivity contribution is 0.0742. The molecule has 3 rings (SSSR count). The Labute approximate surface area is 119 Å². The van der Waals surface area contributed by atoms with Crippen molar-refractivity contribution in [3.63, 3.8) is 0 Å². The lowest BCUT2D eigenvalue weighted by Crippen LogP contribution is -2.33. The summed E-state index contributed by atoms with van der Waals surface area (Å²) in [6.45, 7) is 1.78. The van der Waals surface area contributed by atoms with Crippen molar-refractivity contribution in [2.45, 2.75) is 32.1 Å². The number of nitrogens with zero attached hydrogens (tertiary/aromatic N) is 3. The lowest BCUT2D eigenvalue weighted by Gasteiger charge is -2.24. The third-order valence-electron chi connectivity index (χ3n) is 4.12. The van der Waals surface area contributed by atoms with Crippen molar-refractivity contribution in [2.24, 2.45) is 7.05 Å². The molecule has 2 aromatic rings. The van der Waals surface area contributed by atoms with Gasteiger partial charge in [-0.3, -0.25) is 4.79 Å². The molecule has 0 radical (unpaired) electrons. The highest BCUT2D eigenvalue weighted by Crippen LogP contribution is 2.17. The summed E-state index contributed by atoms with van der Waals surface area (Å²) < 4.78 is 1.97. The van der Waals surface area contributed by atoms with Crippen LogP contribution in [-0.4, -0.2) is 33.4 Å². The average Bonchev–Trinajstić information content (AvgIpc) is 2.79. The standard InChI is InChI=1S/C16H21N3O/c1-18-12-17-14-11-13(7-8-15(14)18)16(20)19-9-5-3-2-4-6-10-19/h7-8,11-12H,2-6,9-10H2,1H3. The number of hydrogen-bond acceptors (Lipinski definition) is 2. The van der Waals surface area contributed by atoms with Crippen LogP contribution in [0.1, 0.15) is 42.5 Å². The van der Waals surface area contributed by atoms with Gasteiger partial charge >= 0.3 is 0 Å². The molecule has 2 heterocycles. The Kier molecular flexibility index (Phi) is 3.72. The molecular weight excluding hydrogens is 250 g/mol. The minimum atomic E-state index is 0.152. The summed E-state index contributed by atoms with van der Waals surface area (Å²) in [5.41, 5.74) is 2.72. The summed E-state index contributed by atoms with van der Waals surface area (Å²) in [5.74, 6) is 0.152. The van der Waals surface area contributed by atoms with Gasteiger partial charge in [0.25, 0.3) is 5.91 Å². The molecule has 4 nitrogen and oxygen atoms in total. The Morgan fingerprint density at radius 1 is 1.10 bits per heavy atom. The molecule has 0 spiro atoms. The SMILES string of the molecule is Cn1cnc2cc(C(=O)N3CCCCCCC3)ccc21. The van der Waals surface area contributed by atoms with Gasteiger partial charge in [-0.05, 0) is 31.0 Å². The Balaban J connectivity index is 1.83. The van der Waals surface area contributed by atoms with Gasteiger partial charge in [0.05, 0.1) is 17.4 Å². The van der Waals surface area contributed by atoms with Crippen molar-refractivity contribution < 1.29 is 4.79 Å². The van der Waals surface area contributed by atoms with Crippen LogP contribution in [-0.2, 0) is 7.05 Å². The number of hydrogen-bond donors (Lipinski definition) is 0. The van der Waals surface area contributed by atoms with E-state index in [9.17, 15) is 4.79 Å². The number of imidazole rings is 1. The number of carbonyl (C=O) groups excluding carboxylic acids is 1. The zero-order valence-corrected chi connectivity index (χ0v) is 12.0. The molecular formula is C16H21N3O. The van der Waals surface area contributed by atoms with Gasteiger partial charge in [0, 0.05) is 25.7 Å². The first-order chi connectivity index (χ1) is 9.75. The fraction of sp³-hybridized carbons (Fsp3) is 0.500. The molecule has 1 aliphatic heterocycles. The second-order valence-electron chi connectivity index (χ2n) is 5.62. The van der Waals surface area contributed by atoms with Gasteiger partial charge in [-0.15, -0.1) is 0 Å². The predicted octanol–water partition coefficient (Wildman–Crippen LogP) is 2.98. The number of likely N-dealkylation sites (tertiary alicyclic amines) is 1. The topological polar surface area (TPSA) is 38.1 Å². The van der Waals surface area contributed by atoms with E-state index in [2.05, 4.69) is 4.98 Å². The van der Waals surface area contributed by atoms with E-state index in [4.69, 9.17) is 0 Å². The highest BCUT2D eigenvalue weighted by Gasteiger charge is 2.17. The van der Waals surface area contributed by atoms with E-state index in [-0.39, 0.29) is 5.91 Å². The van der Waals surface area contributed by atoms with Gasteiger partial charge < -0.3 is 9.47 Å². The Morgan fingerprint density at radius 3 is 2.55 bits per heavy atom. The third-order valence-corrected chi connectivity index (χ3v) is 4.12. The molecule has 0 unspecified atom stereocenters. The van der Waals surface area contributed by atoms with Gasteiger partial charge in [0.1, 0.15) is 0 Å². The number of rotatable bonds is 1. The van der Waals surface area contributed by atoms with E-state index < -0.39 is 0 Å². The lowest BCUT2D eigenvalue weighted by atomic mass is 10.1. The first kappa shape index (κ1) is 13.2. The maximum absolute atomic E-state index is 12.6. The van der Waals surface area contributed by atoms with Gasteiger partial charge in [-0.25, -0.2) is 4.98 Å². The first-order valence-corrected chi connectivity index (χ1v) is 7.46. The van der Waals surface area contributed by atoms with Crippen molar-refractivity contribution in [2.75, 3.05) is 13.1 Å². The van der Waals surface area contributed by atoms with Crippen LogP contribution in [0.4, 0.5) is 0 Å². The van der Waals surface area contributed by atoms with Gasteiger partial charge in [0.2, 0.25) is 0 Å². The molecule has 1 aliphatic rings. The van der Waals surface area contributed by atoms with Crippen molar-refractivity contribution in [3.8, 4) is 0 Å². The van der Waals surface area contributed by atoms with E-state index in [1.165, 1.54) is 19.3 Å². The summed E-state index contributed by atoms with van der Waals surface area (Å²) in [4.78, 5) is 18.9. The Hall–Kier alpha value is -1.84. The normalized spacial score (nSPS) is 16.9. The Bertz CT molecular complexity index is 609. The number of fused-ring (bicyclic) bond motifs is 1. The molecule has 1 fully saturated rings. The number of aromatic nitrogens is 2. The molecule has 0 aliphatic carbocycles. The summed E-state index contributed by atoms with van der Waals surface area (Å²) in [6.07, 6.45) is 7.82. The minimum absolute atomic E-state index is 0.152. The number of benzene rings is 1. The zero-order valence-electron chi connectivity index (χ0n) is 12.0. The first-order valence-electron chi connectivity index (χ1n) is 7.46. The van der Waals surface area contributed by atoms with Crippen LogP contribution in [0.15, 0.2) is 24.5 Å². The average molecular weight is 271 g/mol. The van der Waals surface area contributed by atoms with E-state index >= 15 is 0 Å². The molecule has 106 valence electrons. The third kappa shape index (κ3) is 2.55. The van der Waals surface area contributed by atoms with Gasteiger partial charge in [0.15, 0.2) is 0 Å². The number of aryl methyl sites for hydroxylation is 1. The van der Waals surface area contributed by atoms with Crippen LogP contribution in [0.25, 0.3) is 11.0 Å². The molecule has 0 N–H and O–H groups in total. The maximum Gasteiger partial charge on any atom is 0.253 e. The van der Waals surface area contributed by atoms with Crippen molar-refractivity contribution in [3.05, 3.63) is 30.1 Å². The predicted molar refractivity (Wildman–Crippen MR) is 79.7 cm³/mol. The van der Waals surface area contributed by atoms with Crippen LogP contribution < -0.4 is 0 Å². The van der Waals surface area contributed by atoms with Crippen LogP contribution >= 0.6 is 0 Å². The fourth-order valence-corrected chi connectivity index (χ4v) is 2.90. The van der Waals surface area contributed by atoms with Crippen LogP contribution in [0, 0.1) is 0 Å². The van der Waals surface area contributed by atoms with E-state index in [1.54, 1.807) is 6.33 Å². The van der Waals surface area contributed by atoms with Crippen LogP contribution in [0.2, 0.25) is 0 Å². The minimum Gasteiger partial charge on any atom is -0.339 e. The number of amides is 1. The van der Waals surface area contributed by atoms with Crippen LogP contribution in [0.5, 0.6) is 0 Å². The monoisotopic (exact) mass is 271 g/mol. The molecule has 4 heteroatoms. The maximum atomic E-state index is 12.6. The fourth-order valence-electron chi connectivity index (χ4n) is 2.90. The summed E-state index contributed by atoms with van der Waals surface area (Å²) in [5, 5.41) is 0. The highest BCUT2D eigenvalue weighted by molar-refractivity contribution is 5.97. The molecule has 1 saturated heterocycles. The summed E-state index contributed by atoms with van der Waals surface area (Å²) >= 11 is 0. The van der Waals surface area contributed by atoms with E-state index in [0.717, 1.165) is 42.5 Å². The molecule has 20 heavy (non-hydrogen) atoms. The second-order valence-corrected chi connectivity index (χ2v) is 5.62. The second kappa shape index (κ2) is 5.65. The van der Waals surface area contributed by atoms with E-state index in [0.29, 0.717) is 0 Å². The van der Waals surface area contributed by atoms with Crippen LogP contribution in [0.3, 0.4) is 0 Å². The molecule has 0 atom stereocenters. The summed E-state index contributed by atoms with van der Waals surface area (Å²) in [6, 6.07) is 5.82. The largest absolute Gasteiger partial charge is 0.339 e. The Morgan fingerprint density at radius 2 is 1.80 bits per heavy atom. The highest BCUT2D eigenvalue weighted by atomic mass is 16.2. The zero-order chi connectivity index (χ0) is 13.9. The van der Waals surface area contributed by atoms with Gasteiger partial charge in [-0.2, -0.15) is 0 Å². The molecule has 0 saturated carbocycles. The van der Waals surface area contributed by atoms with Crippen molar-refractivity contribution >= 4 is 16.9 Å². The molecule has 0 bridgehead atoms. The summed E-state index contributed by atoms with van der Waals surface area (Å²) in [7, 11) is 1.97. The quantitative estimate of drug-likeness (QED) is 0.799. The van der Waals surface area contributed by atoms with E-state index in [1.807, 2.05) is 34.7 Å². The smallest absolute Gasteiger partial charge is 0.253 e.